The lowest BCUT2D eigenvalue weighted by Crippen LogP contribution is -2.38. The van der Waals surface area contributed by atoms with E-state index in [4.69, 9.17) is 18.5 Å². The normalized spacial score (nSPS) is 16.2. The average Bonchev–Trinajstić information content (AvgIpc) is 2.66. The Bertz CT molecular complexity index is 903. The fourth-order valence-electron chi connectivity index (χ4n) is 3.12. The monoisotopic (exact) mass is 567 g/mol. The SMILES string of the molecule is C=P(O)(OCC[N+](C)(C)C)N(CCc1ccc(OC(C)C)c(OC(C)C)c1)P(=O)(O)OCC[N+](C)(C)C. The highest BCUT2D eigenvalue weighted by atomic mass is 31.3. The first-order valence-electron chi connectivity index (χ1n) is 12.7. The van der Waals surface area contributed by atoms with Crippen molar-refractivity contribution in [3.8, 4) is 11.5 Å². The molecule has 1 aromatic carbocycles. The first-order valence-corrected chi connectivity index (χ1v) is 16.0. The second kappa shape index (κ2) is 13.9. The van der Waals surface area contributed by atoms with E-state index in [0.29, 0.717) is 40.0 Å². The Labute approximate surface area is 224 Å². The molecule has 0 aliphatic heterocycles. The molecule has 0 bridgehead atoms. The van der Waals surface area contributed by atoms with Crippen LogP contribution in [0.4, 0.5) is 0 Å². The van der Waals surface area contributed by atoms with Crippen molar-refractivity contribution >= 4 is 21.5 Å². The lowest BCUT2D eigenvalue weighted by atomic mass is 10.1. The zero-order valence-electron chi connectivity index (χ0n) is 24.5. The summed E-state index contributed by atoms with van der Waals surface area (Å²) in [5, 5.41) is 0. The maximum atomic E-state index is 13.4. The molecule has 12 heteroatoms. The van der Waals surface area contributed by atoms with E-state index in [0.717, 1.165) is 10.0 Å². The molecular formula is C25H51N3O7P2+2. The molecule has 2 unspecified atom stereocenters. The summed E-state index contributed by atoms with van der Waals surface area (Å²) >= 11 is 0. The molecule has 216 valence electrons. The summed E-state index contributed by atoms with van der Waals surface area (Å²) < 4.78 is 38.6. The van der Waals surface area contributed by atoms with Gasteiger partial charge in [0, 0.05) is 6.54 Å². The predicted octanol–water partition coefficient (Wildman–Crippen LogP) is 3.84. The molecule has 0 saturated carbocycles. The molecule has 0 amide bonds. The van der Waals surface area contributed by atoms with E-state index < -0.39 is 15.2 Å². The van der Waals surface area contributed by atoms with E-state index in [9.17, 15) is 14.4 Å². The molecule has 2 atom stereocenters. The summed E-state index contributed by atoms with van der Waals surface area (Å²) in [7, 11) is 3.80. The first kappa shape index (κ1) is 34.1. The molecule has 0 aromatic heterocycles. The summed E-state index contributed by atoms with van der Waals surface area (Å²) in [6, 6.07) is 5.56. The van der Waals surface area contributed by atoms with Gasteiger partial charge in [0.1, 0.15) is 26.3 Å². The largest absolute Gasteiger partial charge is 0.487 e. The molecular weight excluding hydrogens is 516 g/mol. The smallest absolute Gasteiger partial charge is 0.412 e. The van der Waals surface area contributed by atoms with Crippen LogP contribution in [0.15, 0.2) is 18.2 Å². The van der Waals surface area contributed by atoms with Gasteiger partial charge < -0.3 is 32.8 Å². The number of rotatable bonds is 17. The van der Waals surface area contributed by atoms with Gasteiger partial charge in [0.25, 0.3) is 0 Å². The topological polar surface area (TPSA) is 97.7 Å². The van der Waals surface area contributed by atoms with Crippen LogP contribution in [0, 0.1) is 0 Å². The van der Waals surface area contributed by atoms with E-state index in [1.54, 1.807) is 0 Å². The summed E-state index contributed by atoms with van der Waals surface area (Å²) in [6.45, 7) is 9.09. The number of benzene rings is 1. The van der Waals surface area contributed by atoms with Gasteiger partial charge in [-0.3, -0.25) is 4.52 Å². The molecule has 0 heterocycles. The first-order chi connectivity index (χ1) is 16.7. The average molecular weight is 568 g/mol. The number of quaternary nitrogens is 2. The van der Waals surface area contributed by atoms with Crippen LogP contribution in [0.2, 0.25) is 0 Å². The third-order valence-electron chi connectivity index (χ3n) is 5.07. The molecule has 10 nitrogen and oxygen atoms in total. The second-order valence-corrected chi connectivity index (χ2v) is 15.9. The van der Waals surface area contributed by atoms with Gasteiger partial charge in [-0.15, -0.1) is 4.44 Å². The zero-order chi connectivity index (χ0) is 28.7. The molecule has 2 N–H and O–H groups in total. The van der Waals surface area contributed by atoms with Crippen molar-refractivity contribution in [2.45, 2.75) is 46.3 Å². The van der Waals surface area contributed by atoms with E-state index in [1.165, 1.54) is 0 Å². The Morgan fingerprint density at radius 2 is 1.35 bits per heavy atom. The van der Waals surface area contributed by atoms with Gasteiger partial charge in [0.15, 0.2) is 19.0 Å². The third-order valence-corrected chi connectivity index (χ3v) is 9.40. The number of hydrogen-bond acceptors (Lipinski definition) is 6. The van der Waals surface area contributed by atoms with Crippen molar-refractivity contribution in [2.75, 3.05) is 75.1 Å². The fourth-order valence-corrected chi connectivity index (χ4v) is 6.57. The van der Waals surface area contributed by atoms with Gasteiger partial charge in [-0.1, -0.05) is 6.07 Å². The van der Waals surface area contributed by atoms with Crippen molar-refractivity contribution in [3.05, 3.63) is 23.8 Å². The molecule has 0 radical (unpaired) electrons. The van der Waals surface area contributed by atoms with Gasteiger partial charge in [0.2, 0.25) is 0 Å². The molecule has 37 heavy (non-hydrogen) atoms. The van der Waals surface area contributed by atoms with E-state index >= 15 is 0 Å². The van der Waals surface area contributed by atoms with Crippen LogP contribution in [-0.2, 0) is 20.0 Å². The highest BCUT2D eigenvalue weighted by Gasteiger charge is 2.39. The van der Waals surface area contributed by atoms with Gasteiger partial charge in [-0.25, -0.2) is 4.57 Å². The van der Waals surface area contributed by atoms with Crippen molar-refractivity contribution in [1.29, 1.82) is 0 Å². The maximum absolute atomic E-state index is 13.4. The Kier molecular flexibility index (Phi) is 12.8. The Hall–Kier alpha value is -0.930. The molecule has 1 rings (SSSR count). The Morgan fingerprint density at radius 1 is 0.865 bits per heavy atom. The molecule has 0 spiro atoms. The standard InChI is InChI=1S/C25H50N3O7P2/c1-21(2)34-24-13-12-23(20-25(24)35-22(3)4)14-15-26(36(11,29)32-18-16-27(5,6)7)37(30,31)33-19-17-28(8,9)10/h12-13,20-22H,11,14-19H2,1-10H3,(H-,29,30,31)/q+1/p+1. The van der Waals surface area contributed by atoms with E-state index in [1.807, 2.05) is 88.2 Å². The fraction of sp³-hybridized carbons (Fsp3) is 0.720. The molecule has 1 aromatic rings. The summed E-state index contributed by atoms with van der Waals surface area (Å²) in [4.78, 5) is 22.1. The van der Waals surface area contributed by atoms with Crippen LogP contribution < -0.4 is 9.47 Å². The van der Waals surface area contributed by atoms with Crippen molar-refractivity contribution < 1.29 is 41.8 Å². The maximum Gasteiger partial charge on any atom is 0.412 e. The summed E-state index contributed by atoms with van der Waals surface area (Å²) in [5.41, 5.74) is 0.842. The van der Waals surface area contributed by atoms with Gasteiger partial charge >= 0.3 is 7.75 Å². The van der Waals surface area contributed by atoms with Gasteiger partial charge in [-0.2, -0.15) is 0 Å². The van der Waals surface area contributed by atoms with Gasteiger partial charge in [-0.05, 0) is 58.1 Å². The lowest BCUT2D eigenvalue weighted by molar-refractivity contribution is -0.870. The van der Waals surface area contributed by atoms with Crippen molar-refractivity contribution in [3.63, 3.8) is 0 Å². The second-order valence-electron chi connectivity index (χ2n) is 11.8. The number of hydrogen-bond donors (Lipinski definition) is 2. The predicted molar refractivity (Wildman–Crippen MR) is 152 cm³/mol. The lowest BCUT2D eigenvalue weighted by Gasteiger charge is -2.35. The van der Waals surface area contributed by atoms with Crippen LogP contribution in [0.1, 0.15) is 33.3 Å². The Balaban J connectivity index is 3.18. The zero-order valence-corrected chi connectivity index (χ0v) is 26.3. The quantitative estimate of drug-likeness (QED) is 0.217. The van der Waals surface area contributed by atoms with Gasteiger partial charge in [0.05, 0.1) is 54.5 Å². The molecule has 0 fully saturated rings. The van der Waals surface area contributed by atoms with Crippen LogP contribution >= 0.6 is 15.2 Å². The minimum absolute atomic E-state index is 0.00179. The van der Waals surface area contributed by atoms with Crippen LogP contribution in [0.25, 0.3) is 0 Å². The minimum atomic E-state index is -4.42. The van der Waals surface area contributed by atoms with E-state index in [-0.39, 0.29) is 32.0 Å². The third kappa shape index (κ3) is 13.6. The van der Waals surface area contributed by atoms with Crippen molar-refractivity contribution in [2.24, 2.45) is 0 Å². The Morgan fingerprint density at radius 3 is 1.84 bits per heavy atom. The minimum Gasteiger partial charge on any atom is -0.487 e. The van der Waals surface area contributed by atoms with Crippen LogP contribution in [0.5, 0.6) is 11.5 Å². The number of nitrogens with zero attached hydrogens (tertiary/aromatic N) is 3. The number of ether oxygens (including phenoxy) is 2. The van der Waals surface area contributed by atoms with Crippen LogP contribution in [-0.4, -0.2) is 117 Å². The number of likely N-dealkylation sites (N-methyl/N-ethyl adjacent to an activating group) is 2. The molecule has 0 aliphatic rings. The molecule has 0 aliphatic carbocycles. The van der Waals surface area contributed by atoms with Crippen molar-refractivity contribution in [1.82, 2.24) is 4.44 Å². The van der Waals surface area contributed by atoms with Crippen LogP contribution in [0.3, 0.4) is 0 Å². The summed E-state index contributed by atoms with van der Waals surface area (Å²) in [6.07, 6.45) is 4.09. The summed E-state index contributed by atoms with van der Waals surface area (Å²) in [5.74, 6) is 1.23. The molecule has 0 saturated heterocycles. The highest BCUT2D eigenvalue weighted by molar-refractivity contribution is 7.71. The highest BCUT2D eigenvalue weighted by Crippen LogP contribution is 2.63. The van der Waals surface area contributed by atoms with E-state index in [2.05, 4.69) is 6.30 Å².